The van der Waals surface area contributed by atoms with E-state index >= 15 is 0 Å². The zero-order chi connectivity index (χ0) is 16.2. The molecule has 23 heavy (non-hydrogen) atoms. The summed E-state index contributed by atoms with van der Waals surface area (Å²) in [5.41, 5.74) is 4.07. The summed E-state index contributed by atoms with van der Waals surface area (Å²) in [6.45, 7) is 5.17. The first-order chi connectivity index (χ1) is 11.3. The third kappa shape index (κ3) is 3.24. The van der Waals surface area contributed by atoms with Crippen LogP contribution < -0.4 is 0 Å². The van der Waals surface area contributed by atoms with E-state index in [1.54, 1.807) is 0 Å². The lowest BCUT2D eigenvalue weighted by molar-refractivity contribution is 1.31. The molecule has 0 unspecified atom stereocenters. The molecule has 0 aromatic heterocycles. The van der Waals surface area contributed by atoms with Crippen LogP contribution in [0.4, 0.5) is 0 Å². The van der Waals surface area contributed by atoms with Crippen LogP contribution in [0.5, 0.6) is 0 Å². The Morgan fingerprint density at radius 3 is 2.04 bits per heavy atom. The number of benzene rings is 2. The molecule has 0 aliphatic carbocycles. The van der Waals surface area contributed by atoms with Gasteiger partial charge in [0.15, 0.2) is 6.71 Å². The van der Waals surface area contributed by atoms with E-state index in [4.69, 9.17) is 11.1 Å². The van der Waals surface area contributed by atoms with E-state index in [0.717, 1.165) is 0 Å². The van der Waals surface area contributed by atoms with Gasteiger partial charge >= 0.3 is 0 Å². The quantitative estimate of drug-likeness (QED) is 0.470. The van der Waals surface area contributed by atoms with Crippen molar-refractivity contribution in [2.45, 2.75) is 26.5 Å². The van der Waals surface area contributed by atoms with E-state index in [-0.39, 0.29) is 0 Å². The molecule has 0 atom stereocenters. The van der Waals surface area contributed by atoms with Crippen molar-refractivity contribution in [1.29, 1.82) is 0 Å². The van der Waals surface area contributed by atoms with Crippen molar-refractivity contribution in [2.75, 3.05) is 0 Å². The third-order valence-corrected chi connectivity index (χ3v) is 7.64. The molecule has 0 nitrogen and oxygen atoms in total. The minimum absolute atomic E-state index is 0.604. The van der Waals surface area contributed by atoms with Gasteiger partial charge in [0.1, 0.15) is 0 Å². The molecule has 3 rings (SSSR count). The molecule has 1 heterocycles. The van der Waals surface area contributed by atoms with Gasteiger partial charge in [-0.1, -0.05) is 98.7 Å². The smallest absolute Gasteiger partial charge is 0.156 e. The number of rotatable bonds is 5. The summed E-state index contributed by atoms with van der Waals surface area (Å²) in [6.07, 6.45) is 4.64. The van der Waals surface area contributed by atoms with E-state index in [0.29, 0.717) is 6.71 Å². The van der Waals surface area contributed by atoms with Gasteiger partial charge in [-0.2, -0.15) is 11.1 Å². The van der Waals surface area contributed by atoms with Gasteiger partial charge in [0.25, 0.3) is 0 Å². The molecule has 2 aromatic rings. The van der Waals surface area contributed by atoms with Gasteiger partial charge in [0.05, 0.1) is 0 Å². The summed E-state index contributed by atoms with van der Waals surface area (Å²) < 4.78 is 0. The first-order valence-corrected chi connectivity index (χ1v) is 10.9. The first kappa shape index (κ1) is 16.4. The minimum Gasteiger partial charge on any atom is -0.156 e. The predicted molar refractivity (Wildman–Crippen MR) is 106 cm³/mol. The van der Waals surface area contributed by atoms with Crippen molar-refractivity contribution in [3.05, 3.63) is 82.5 Å². The second-order valence-electron chi connectivity index (χ2n) is 5.95. The molecular weight excluding hydrogens is 315 g/mol. The molecule has 0 amide bonds. The molecule has 0 fully saturated rings. The Hall–Kier alpha value is -1.51. The van der Waals surface area contributed by atoms with E-state index in [2.05, 4.69) is 80.6 Å². The van der Waals surface area contributed by atoms with Gasteiger partial charge in [-0.25, -0.2) is 0 Å². The van der Waals surface area contributed by atoms with Gasteiger partial charge in [-0.3, -0.25) is 0 Å². The van der Waals surface area contributed by atoms with Crippen molar-refractivity contribution in [1.82, 2.24) is 0 Å². The summed E-state index contributed by atoms with van der Waals surface area (Å²) in [6, 6.07) is 21.2. The Labute approximate surface area is 146 Å². The standard InChI is InChI=1S/C20H21BClSi/c1-3-21(4-2)19-18(15-16-11-7-5-8-12-16)23(22)20(19)17-13-9-6-10-14-17/h5-15H,3-4H2,1-2H3/b18-15+. The van der Waals surface area contributed by atoms with E-state index in [9.17, 15) is 0 Å². The van der Waals surface area contributed by atoms with Crippen LogP contribution in [0.15, 0.2) is 71.3 Å². The molecule has 1 radical (unpaired) electrons. The fourth-order valence-electron chi connectivity index (χ4n) is 3.31. The summed E-state index contributed by atoms with van der Waals surface area (Å²) in [7, 11) is -1.12. The van der Waals surface area contributed by atoms with E-state index < -0.39 is 8.11 Å². The highest BCUT2D eigenvalue weighted by Gasteiger charge is 2.40. The zero-order valence-corrected chi connectivity index (χ0v) is 15.5. The maximum Gasteiger partial charge on any atom is 0.233 e. The number of allylic oxidation sites excluding steroid dienone is 2. The van der Waals surface area contributed by atoms with Gasteiger partial charge < -0.3 is 0 Å². The van der Waals surface area contributed by atoms with Crippen LogP contribution in [0, 0.1) is 0 Å². The van der Waals surface area contributed by atoms with Crippen molar-refractivity contribution in [3.63, 3.8) is 0 Å². The van der Waals surface area contributed by atoms with Gasteiger partial charge in [0.2, 0.25) is 8.11 Å². The topological polar surface area (TPSA) is 0 Å². The third-order valence-electron chi connectivity index (χ3n) is 4.58. The highest BCUT2D eigenvalue weighted by Crippen LogP contribution is 2.45. The van der Waals surface area contributed by atoms with Crippen LogP contribution in [0.25, 0.3) is 11.3 Å². The van der Waals surface area contributed by atoms with Crippen molar-refractivity contribution in [2.24, 2.45) is 0 Å². The number of halogens is 1. The van der Waals surface area contributed by atoms with Crippen LogP contribution in [0.2, 0.25) is 12.6 Å². The lowest BCUT2D eigenvalue weighted by atomic mass is 9.40. The van der Waals surface area contributed by atoms with Gasteiger partial charge in [-0.15, -0.1) is 0 Å². The number of hydrogen-bond acceptors (Lipinski definition) is 0. The normalized spacial score (nSPS) is 16.6. The van der Waals surface area contributed by atoms with Crippen LogP contribution in [0.1, 0.15) is 25.0 Å². The van der Waals surface area contributed by atoms with E-state index in [1.807, 2.05) is 0 Å². The van der Waals surface area contributed by atoms with Crippen molar-refractivity contribution < 1.29 is 0 Å². The first-order valence-electron chi connectivity index (χ1n) is 8.36. The van der Waals surface area contributed by atoms with Crippen LogP contribution >= 0.6 is 11.1 Å². The minimum atomic E-state index is -1.12. The lowest BCUT2D eigenvalue weighted by Gasteiger charge is -2.35. The molecule has 1 aliphatic heterocycles. The monoisotopic (exact) mass is 335 g/mol. The second kappa shape index (κ2) is 7.37. The van der Waals surface area contributed by atoms with Gasteiger partial charge in [0, 0.05) is 0 Å². The van der Waals surface area contributed by atoms with Gasteiger partial charge in [-0.05, 0) is 21.5 Å². The summed E-state index contributed by atoms with van der Waals surface area (Å²) >= 11 is 6.89. The SMILES string of the molecule is CCB(CC)C1=C(c2ccccc2)[Si](Cl)/C1=C/c1ccccc1. The Morgan fingerprint density at radius 1 is 0.913 bits per heavy atom. The average molecular weight is 336 g/mol. The molecule has 0 spiro atoms. The molecule has 115 valence electrons. The Balaban J connectivity index is 2.08. The number of hydrogen-bond donors (Lipinski definition) is 0. The molecule has 0 saturated heterocycles. The van der Waals surface area contributed by atoms with Crippen molar-refractivity contribution in [3.8, 4) is 0 Å². The summed E-state index contributed by atoms with van der Waals surface area (Å²) in [5, 5.41) is 2.82. The maximum atomic E-state index is 6.89. The molecular formula is C20H21BClSi. The fourth-order valence-corrected chi connectivity index (χ4v) is 6.35. The fraction of sp³-hybridized carbons (Fsp3) is 0.200. The summed E-state index contributed by atoms with van der Waals surface area (Å²) in [4.78, 5) is 0. The molecule has 3 heteroatoms. The highest BCUT2D eigenvalue weighted by molar-refractivity contribution is 7.26. The lowest BCUT2D eigenvalue weighted by Crippen LogP contribution is -2.35. The molecule has 0 saturated carbocycles. The molecule has 2 aromatic carbocycles. The molecule has 1 aliphatic rings. The zero-order valence-electron chi connectivity index (χ0n) is 13.7. The Morgan fingerprint density at radius 2 is 1.48 bits per heavy atom. The van der Waals surface area contributed by atoms with Crippen LogP contribution in [0.3, 0.4) is 0 Å². The second-order valence-corrected chi connectivity index (χ2v) is 8.75. The Kier molecular flexibility index (Phi) is 5.24. The van der Waals surface area contributed by atoms with Crippen LogP contribution in [-0.4, -0.2) is 14.8 Å². The average Bonchev–Trinajstić information content (AvgIpc) is 2.61. The Bertz CT molecular complexity index is 718. The largest absolute Gasteiger partial charge is 0.233 e. The van der Waals surface area contributed by atoms with E-state index in [1.165, 1.54) is 39.6 Å². The highest BCUT2D eigenvalue weighted by atomic mass is 35.6. The van der Waals surface area contributed by atoms with Crippen LogP contribution in [-0.2, 0) is 0 Å². The maximum absolute atomic E-state index is 6.89. The van der Waals surface area contributed by atoms with Crippen molar-refractivity contribution >= 4 is 37.2 Å². The molecule has 0 bridgehead atoms. The molecule has 0 N–H and O–H groups in total. The summed E-state index contributed by atoms with van der Waals surface area (Å²) in [5.74, 6) is 0. The predicted octanol–water partition coefficient (Wildman–Crippen LogP) is 5.92.